The van der Waals surface area contributed by atoms with Gasteiger partial charge in [-0.3, -0.25) is 9.59 Å². The summed E-state index contributed by atoms with van der Waals surface area (Å²) in [5.74, 6) is -0.770. The molecule has 7 nitrogen and oxygen atoms in total. The number of nitrogens with zero attached hydrogens (tertiary/aromatic N) is 2. The Balaban J connectivity index is 1.59. The van der Waals surface area contributed by atoms with E-state index in [4.69, 9.17) is 16.0 Å². The largest absolute Gasteiger partial charge is 0.416 e. The van der Waals surface area contributed by atoms with E-state index in [1.165, 1.54) is 6.92 Å². The molecule has 3 rings (SSSR count). The van der Waals surface area contributed by atoms with Crippen molar-refractivity contribution < 1.29 is 27.2 Å². The molecule has 0 atom stereocenters. The third-order valence-electron chi connectivity index (χ3n) is 3.75. The van der Waals surface area contributed by atoms with Gasteiger partial charge >= 0.3 is 6.18 Å². The van der Waals surface area contributed by atoms with E-state index in [1.807, 2.05) is 0 Å². The fourth-order valence-corrected chi connectivity index (χ4v) is 3.12. The molecule has 0 unspecified atom stereocenters. The fraction of sp³-hybridized carbons (Fsp3) is 0.158. The summed E-state index contributed by atoms with van der Waals surface area (Å²) in [6.07, 6.45) is -4.56. The maximum absolute atomic E-state index is 12.8. The van der Waals surface area contributed by atoms with Crippen LogP contribution < -0.4 is 10.6 Å². The number of carbonyl (C=O) groups is 2. The van der Waals surface area contributed by atoms with Crippen LogP contribution in [0.5, 0.6) is 0 Å². The molecule has 0 bridgehead atoms. The molecule has 0 fully saturated rings. The van der Waals surface area contributed by atoms with Crippen LogP contribution in [0.3, 0.4) is 0 Å². The molecule has 1 heterocycles. The number of amides is 2. The summed E-state index contributed by atoms with van der Waals surface area (Å²) in [4.78, 5) is 23.2. The van der Waals surface area contributed by atoms with Crippen molar-refractivity contribution in [2.45, 2.75) is 18.3 Å². The normalized spacial score (nSPS) is 11.3. The molecule has 1 aromatic heterocycles. The van der Waals surface area contributed by atoms with Crippen molar-refractivity contribution in [3.63, 3.8) is 0 Å². The number of nitrogens with one attached hydrogen (secondary N) is 2. The maximum Gasteiger partial charge on any atom is 0.416 e. The van der Waals surface area contributed by atoms with Gasteiger partial charge in [0.1, 0.15) is 0 Å². The highest BCUT2D eigenvalue weighted by Crippen LogP contribution is 2.34. The van der Waals surface area contributed by atoms with E-state index in [1.54, 1.807) is 24.3 Å². The van der Waals surface area contributed by atoms with E-state index in [9.17, 15) is 22.8 Å². The topological polar surface area (TPSA) is 97.1 Å². The van der Waals surface area contributed by atoms with Gasteiger partial charge in [0.05, 0.1) is 22.0 Å². The summed E-state index contributed by atoms with van der Waals surface area (Å²) in [6.45, 7) is 1.40. The predicted octanol–water partition coefficient (Wildman–Crippen LogP) is 5.10. The highest BCUT2D eigenvalue weighted by molar-refractivity contribution is 7.99. The van der Waals surface area contributed by atoms with Gasteiger partial charge in [0.25, 0.3) is 5.22 Å². The number of halogens is 4. The lowest BCUT2D eigenvalue weighted by Crippen LogP contribution is -2.15. The van der Waals surface area contributed by atoms with Crippen molar-refractivity contribution in [2.75, 3.05) is 16.4 Å². The molecular formula is C19H14ClF3N4O3S. The number of aromatic nitrogens is 2. The van der Waals surface area contributed by atoms with Gasteiger partial charge in [-0.15, -0.1) is 10.2 Å². The van der Waals surface area contributed by atoms with E-state index in [0.717, 1.165) is 30.0 Å². The van der Waals surface area contributed by atoms with E-state index >= 15 is 0 Å². The summed E-state index contributed by atoms with van der Waals surface area (Å²) in [5.41, 5.74) is 0.141. The van der Waals surface area contributed by atoms with Crippen LogP contribution in [-0.2, 0) is 15.8 Å². The van der Waals surface area contributed by atoms with Crippen LogP contribution in [-0.4, -0.2) is 27.8 Å². The lowest BCUT2D eigenvalue weighted by molar-refractivity contribution is -0.137. The molecule has 0 spiro atoms. The van der Waals surface area contributed by atoms with Gasteiger partial charge < -0.3 is 15.1 Å². The highest BCUT2D eigenvalue weighted by Gasteiger charge is 2.31. The van der Waals surface area contributed by atoms with Gasteiger partial charge in [0.15, 0.2) is 0 Å². The summed E-state index contributed by atoms with van der Waals surface area (Å²) in [7, 11) is 0. The van der Waals surface area contributed by atoms with Crippen molar-refractivity contribution in [2.24, 2.45) is 0 Å². The Hall–Kier alpha value is -3.05. The molecule has 0 saturated heterocycles. The van der Waals surface area contributed by atoms with Gasteiger partial charge in [-0.1, -0.05) is 23.4 Å². The molecule has 2 aromatic carbocycles. The van der Waals surface area contributed by atoms with Gasteiger partial charge in [-0.25, -0.2) is 0 Å². The first-order valence-corrected chi connectivity index (χ1v) is 9.99. The van der Waals surface area contributed by atoms with Crippen LogP contribution in [0, 0.1) is 0 Å². The number of carbonyl (C=O) groups excluding carboxylic acids is 2. The molecule has 0 saturated carbocycles. The Bertz CT molecular complexity index is 1100. The molecule has 3 aromatic rings. The molecule has 12 heteroatoms. The van der Waals surface area contributed by atoms with Crippen molar-refractivity contribution in [1.29, 1.82) is 0 Å². The van der Waals surface area contributed by atoms with Crippen molar-refractivity contribution in [3.8, 4) is 11.5 Å². The van der Waals surface area contributed by atoms with Crippen LogP contribution in [0.25, 0.3) is 11.5 Å². The quantitative estimate of drug-likeness (QED) is 0.486. The number of alkyl halides is 3. The van der Waals surface area contributed by atoms with Crippen LogP contribution in [0.1, 0.15) is 12.5 Å². The first-order chi connectivity index (χ1) is 14.6. The summed E-state index contributed by atoms with van der Waals surface area (Å²) in [5, 5.41) is 12.8. The van der Waals surface area contributed by atoms with Gasteiger partial charge in [-0.2, -0.15) is 13.2 Å². The standard InChI is InChI=1S/C19H14ClF3N4O3S/c1-10(28)24-13-5-2-11(3-6-13)17-26-27-18(30-17)31-9-16(29)25-15-8-12(19(21,22)23)4-7-14(15)20/h2-8H,9H2,1H3,(H,24,28)(H,25,29). The summed E-state index contributed by atoms with van der Waals surface area (Å²) >= 11 is 6.78. The third kappa shape index (κ3) is 6.22. The lowest BCUT2D eigenvalue weighted by atomic mass is 10.2. The number of anilines is 2. The minimum absolute atomic E-state index is 0.0193. The second kappa shape index (κ2) is 9.40. The number of benzene rings is 2. The molecule has 0 aliphatic carbocycles. The number of hydrogen-bond donors (Lipinski definition) is 2. The van der Waals surface area contributed by atoms with Crippen molar-refractivity contribution in [1.82, 2.24) is 10.2 Å². The second-order valence-corrected chi connectivity index (χ2v) is 7.49. The molecule has 0 radical (unpaired) electrons. The molecular weight excluding hydrogens is 457 g/mol. The van der Waals surface area contributed by atoms with Gasteiger partial charge in [0, 0.05) is 18.2 Å². The SMILES string of the molecule is CC(=O)Nc1ccc(-c2nnc(SCC(=O)Nc3cc(C(F)(F)F)ccc3Cl)o2)cc1. The van der Waals surface area contributed by atoms with Gasteiger partial charge in [-0.05, 0) is 42.5 Å². The predicted molar refractivity (Wildman–Crippen MR) is 110 cm³/mol. The second-order valence-electron chi connectivity index (χ2n) is 6.16. The zero-order chi connectivity index (χ0) is 22.6. The Morgan fingerprint density at radius 2 is 1.81 bits per heavy atom. The molecule has 2 N–H and O–H groups in total. The molecule has 2 amide bonds. The van der Waals surface area contributed by atoms with Crippen LogP contribution in [0.2, 0.25) is 5.02 Å². The van der Waals surface area contributed by atoms with Crippen LogP contribution in [0.4, 0.5) is 24.5 Å². The molecule has 162 valence electrons. The number of thioether (sulfide) groups is 1. The summed E-state index contributed by atoms with van der Waals surface area (Å²) < 4.78 is 43.9. The number of rotatable bonds is 6. The molecule has 0 aliphatic rings. The monoisotopic (exact) mass is 470 g/mol. The zero-order valence-corrected chi connectivity index (χ0v) is 17.4. The zero-order valence-electron chi connectivity index (χ0n) is 15.8. The summed E-state index contributed by atoms with van der Waals surface area (Å²) in [6, 6.07) is 9.34. The smallest absolute Gasteiger partial charge is 0.411 e. The Labute approximate surface area is 183 Å². The van der Waals surface area contributed by atoms with E-state index in [-0.39, 0.29) is 33.5 Å². The maximum atomic E-state index is 12.8. The molecule has 0 aliphatic heterocycles. The van der Waals surface area contributed by atoms with Gasteiger partial charge in [0.2, 0.25) is 17.7 Å². The minimum Gasteiger partial charge on any atom is -0.411 e. The van der Waals surface area contributed by atoms with E-state index in [0.29, 0.717) is 11.3 Å². The highest BCUT2D eigenvalue weighted by atomic mass is 35.5. The Morgan fingerprint density at radius 1 is 1.10 bits per heavy atom. The van der Waals surface area contributed by atoms with E-state index in [2.05, 4.69) is 20.8 Å². The van der Waals surface area contributed by atoms with Crippen molar-refractivity contribution in [3.05, 3.63) is 53.1 Å². The fourth-order valence-electron chi connectivity index (χ4n) is 2.40. The first-order valence-electron chi connectivity index (χ1n) is 8.63. The Morgan fingerprint density at radius 3 is 2.45 bits per heavy atom. The average molecular weight is 471 g/mol. The average Bonchev–Trinajstić information content (AvgIpc) is 3.16. The van der Waals surface area contributed by atoms with Crippen molar-refractivity contribution >= 4 is 46.6 Å². The number of hydrogen-bond acceptors (Lipinski definition) is 6. The van der Waals surface area contributed by atoms with Crippen LogP contribution >= 0.6 is 23.4 Å². The third-order valence-corrected chi connectivity index (χ3v) is 4.90. The lowest BCUT2D eigenvalue weighted by Gasteiger charge is -2.11. The van der Waals surface area contributed by atoms with E-state index < -0.39 is 17.6 Å². The Kier molecular flexibility index (Phi) is 6.86. The first kappa shape index (κ1) is 22.6. The van der Waals surface area contributed by atoms with Crippen LogP contribution in [0.15, 0.2) is 52.1 Å². The minimum atomic E-state index is -4.56. The molecule has 31 heavy (non-hydrogen) atoms.